The van der Waals surface area contributed by atoms with Gasteiger partial charge in [-0.1, -0.05) is 103 Å². The molecule has 0 saturated carbocycles. The molecule has 0 aliphatic carbocycles. The fourth-order valence-corrected chi connectivity index (χ4v) is 8.10. The lowest BCUT2D eigenvalue weighted by molar-refractivity contribution is 0.657. The predicted molar refractivity (Wildman–Crippen MR) is 220 cm³/mol. The van der Waals surface area contributed by atoms with Crippen LogP contribution in [0.15, 0.2) is 179 Å². The van der Waals surface area contributed by atoms with E-state index >= 15 is 0 Å². The van der Waals surface area contributed by atoms with Crippen LogP contribution >= 0.6 is 0 Å². The number of para-hydroxylation sites is 2. The standard InChI is InChI=1S/C50H28N2O2/c51-29-30-20-22-31(23-21-30)32-11-9-12-33(24-32)35-25-36(43-28-34-10-1-2-13-38(34)39-14-3-4-15-40(39)43)27-37(26-35)46-49-47(41-16-5-7-18-44(41)53-49)52-48-42-17-6-8-19-45(42)54-50(46)48/h1-28H. The number of hydrogen-bond acceptors (Lipinski definition) is 4. The molecule has 4 nitrogen and oxygen atoms in total. The number of nitriles is 1. The van der Waals surface area contributed by atoms with Crippen molar-refractivity contribution < 1.29 is 8.83 Å². The van der Waals surface area contributed by atoms with E-state index in [0.29, 0.717) is 16.7 Å². The fraction of sp³-hybridized carbons (Fsp3) is 0. The van der Waals surface area contributed by atoms with E-state index in [1.165, 1.54) is 21.5 Å². The van der Waals surface area contributed by atoms with Gasteiger partial charge in [-0.2, -0.15) is 5.26 Å². The van der Waals surface area contributed by atoms with Crippen molar-refractivity contribution in [2.45, 2.75) is 0 Å². The van der Waals surface area contributed by atoms with Crippen LogP contribution in [0.3, 0.4) is 0 Å². The summed E-state index contributed by atoms with van der Waals surface area (Å²) in [6, 6.07) is 61.2. The van der Waals surface area contributed by atoms with Gasteiger partial charge < -0.3 is 8.83 Å². The number of hydrogen-bond donors (Lipinski definition) is 0. The van der Waals surface area contributed by atoms with E-state index in [1.54, 1.807) is 0 Å². The molecule has 0 N–H and O–H groups in total. The quantitative estimate of drug-likeness (QED) is 0.173. The van der Waals surface area contributed by atoms with E-state index in [0.717, 1.165) is 77.5 Å². The van der Waals surface area contributed by atoms with Crippen molar-refractivity contribution in [2.75, 3.05) is 0 Å². The van der Waals surface area contributed by atoms with Crippen LogP contribution < -0.4 is 0 Å². The highest BCUT2D eigenvalue weighted by molar-refractivity contribution is 6.19. The van der Waals surface area contributed by atoms with Crippen molar-refractivity contribution in [3.63, 3.8) is 0 Å². The summed E-state index contributed by atoms with van der Waals surface area (Å²) < 4.78 is 13.4. The van der Waals surface area contributed by atoms with Gasteiger partial charge in [-0.25, -0.2) is 4.98 Å². The first-order valence-electron chi connectivity index (χ1n) is 18.0. The van der Waals surface area contributed by atoms with E-state index < -0.39 is 0 Å². The van der Waals surface area contributed by atoms with Crippen molar-refractivity contribution in [1.82, 2.24) is 4.98 Å². The zero-order valence-electron chi connectivity index (χ0n) is 28.9. The molecule has 3 aromatic heterocycles. The Morgan fingerprint density at radius 2 is 0.944 bits per heavy atom. The van der Waals surface area contributed by atoms with Gasteiger partial charge >= 0.3 is 0 Å². The normalized spacial score (nSPS) is 11.7. The average Bonchev–Trinajstić information content (AvgIpc) is 3.80. The van der Waals surface area contributed by atoms with E-state index in [2.05, 4.69) is 115 Å². The van der Waals surface area contributed by atoms with Crippen molar-refractivity contribution in [3.05, 3.63) is 175 Å². The highest BCUT2D eigenvalue weighted by Gasteiger charge is 2.24. The molecule has 0 spiro atoms. The first-order chi connectivity index (χ1) is 26.7. The number of benzene rings is 8. The van der Waals surface area contributed by atoms with Gasteiger partial charge in [0.1, 0.15) is 22.2 Å². The van der Waals surface area contributed by atoms with Gasteiger partial charge in [-0.3, -0.25) is 0 Å². The van der Waals surface area contributed by atoms with Crippen LogP contribution in [0.5, 0.6) is 0 Å². The second kappa shape index (κ2) is 11.8. The monoisotopic (exact) mass is 688 g/mol. The Labute approximate surface area is 309 Å². The zero-order valence-corrected chi connectivity index (χ0v) is 28.9. The topological polar surface area (TPSA) is 63.0 Å². The minimum Gasteiger partial charge on any atom is -0.454 e. The maximum Gasteiger partial charge on any atom is 0.165 e. The Hall–Kier alpha value is -7.48. The van der Waals surface area contributed by atoms with Gasteiger partial charge in [0.15, 0.2) is 11.2 Å². The van der Waals surface area contributed by atoms with Crippen molar-refractivity contribution in [1.29, 1.82) is 5.26 Å². The highest BCUT2D eigenvalue weighted by Crippen LogP contribution is 2.46. The molecule has 250 valence electrons. The first kappa shape index (κ1) is 30.2. The molecule has 0 radical (unpaired) electrons. The summed E-state index contributed by atoms with van der Waals surface area (Å²) in [5.74, 6) is 0. The van der Waals surface area contributed by atoms with Gasteiger partial charge in [0.25, 0.3) is 0 Å². The molecule has 0 aliphatic rings. The fourth-order valence-electron chi connectivity index (χ4n) is 8.10. The third-order valence-electron chi connectivity index (χ3n) is 10.7. The van der Waals surface area contributed by atoms with Crippen LogP contribution in [-0.2, 0) is 0 Å². The molecule has 0 saturated heterocycles. The molecule has 11 rings (SSSR count). The summed E-state index contributed by atoms with van der Waals surface area (Å²) in [5, 5.41) is 16.1. The summed E-state index contributed by atoms with van der Waals surface area (Å²) in [7, 11) is 0. The maximum absolute atomic E-state index is 9.40. The van der Waals surface area contributed by atoms with Gasteiger partial charge in [0.05, 0.1) is 17.2 Å². The largest absolute Gasteiger partial charge is 0.454 e. The number of furan rings is 2. The van der Waals surface area contributed by atoms with E-state index in [-0.39, 0.29) is 0 Å². The SMILES string of the molecule is N#Cc1ccc(-c2cccc(-c3cc(-c4cc5ccccc5c5ccccc45)cc(-c4c5oc6ccccc6c5nc5c4oc4ccccc45)c3)c2)cc1. The maximum atomic E-state index is 9.40. The first-order valence-corrected chi connectivity index (χ1v) is 18.0. The van der Waals surface area contributed by atoms with Crippen LogP contribution in [0.2, 0.25) is 0 Å². The van der Waals surface area contributed by atoms with Crippen molar-refractivity contribution >= 4 is 65.7 Å². The summed E-state index contributed by atoms with van der Waals surface area (Å²) in [6.45, 7) is 0. The lowest BCUT2D eigenvalue weighted by Crippen LogP contribution is -1.91. The average molecular weight is 689 g/mol. The number of rotatable bonds is 4. The van der Waals surface area contributed by atoms with Crippen LogP contribution in [0, 0.1) is 11.3 Å². The molecular formula is C50H28N2O2. The Morgan fingerprint density at radius 1 is 0.407 bits per heavy atom. The minimum absolute atomic E-state index is 0.640. The zero-order chi connectivity index (χ0) is 35.8. The molecule has 0 fully saturated rings. The lowest BCUT2D eigenvalue weighted by Gasteiger charge is -2.15. The van der Waals surface area contributed by atoms with Crippen molar-refractivity contribution in [3.8, 4) is 50.6 Å². The molecule has 0 atom stereocenters. The highest BCUT2D eigenvalue weighted by atomic mass is 16.3. The number of pyridine rings is 1. The predicted octanol–water partition coefficient (Wildman–Crippen LogP) is 13.7. The van der Waals surface area contributed by atoms with Crippen LogP contribution in [0.1, 0.15) is 5.56 Å². The smallest absolute Gasteiger partial charge is 0.165 e. The molecule has 0 unspecified atom stereocenters. The molecule has 0 amide bonds. The molecule has 11 aromatic rings. The Morgan fingerprint density at radius 3 is 1.63 bits per heavy atom. The third kappa shape index (κ3) is 4.66. The Bertz CT molecular complexity index is 3250. The van der Waals surface area contributed by atoms with Gasteiger partial charge in [0, 0.05) is 10.8 Å². The number of fused-ring (bicyclic) bond motifs is 9. The van der Waals surface area contributed by atoms with Gasteiger partial charge in [0.2, 0.25) is 0 Å². The van der Waals surface area contributed by atoms with Crippen LogP contribution in [0.4, 0.5) is 0 Å². The molecule has 4 heteroatoms. The second-order valence-electron chi connectivity index (χ2n) is 13.8. The van der Waals surface area contributed by atoms with E-state index in [4.69, 9.17) is 13.8 Å². The molecule has 3 heterocycles. The molecule has 54 heavy (non-hydrogen) atoms. The lowest BCUT2D eigenvalue weighted by atomic mass is 9.88. The second-order valence-corrected chi connectivity index (χ2v) is 13.8. The van der Waals surface area contributed by atoms with Gasteiger partial charge in [-0.15, -0.1) is 0 Å². The molecule has 0 aliphatic heterocycles. The van der Waals surface area contributed by atoms with Crippen LogP contribution in [0.25, 0.3) is 110 Å². The summed E-state index contributed by atoms with van der Waals surface area (Å²) in [4.78, 5) is 5.23. The summed E-state index contributed by atoms with van der Waals surface area (Å²) in [6.07, 6.45) is 0. The van der Waals surface area contributed by atoms with Crippen molar-refractivity contribution in [2.24, 2.45) is 0 Å². The molecule has 8 aromatic carbocycles. The van der Waals surface area contributed by atoms with Gasteiger partial charge in [-0.05, 0) is 127 Å². The van der Waals surface area contributed by atoms with E-state index in [1.807, 2.05) is 60.7 Å². The summed E-state index contributed by atoms with van der Waals surface area (Å²) in [5.41, 5.74) is 13.5. The van der Waals surface area contributed by atoms with E-state index in [9.17, 15) is 5.26 Å². The Kier molecular flexibility index (Phi) is 6.58. The third-order valence-corrected chi connectivity index (χ3v) is 10.7. The number of nitrogens with zero attached hydrogens (tertiary/aromatic N) is 2. The Balaban J connectivity index is 1.24. The number of aromatic nitrogens is 1. The molecule has 0 bridgehead atoms. The summed E-state index contributed by atoms with van der Waals surface area (Å²) >= 11 is 0. The van der Waals surface area contributed by atoms with Crippen LogP contribution in [-0.4, -0.2) is 4.98 Å². The minimum atomic E-state index is 0.640. The molecular weight excluding hydrogens is 661 g/mol.